The summed E-state index contributed by atoms with van der Waals surface area (Å²) >= 11 is 7.35. The number of fused-ring (bicyclic) bond motifs is 1. The number of aromatic nitrogens is 2. The summed E-state index contributed by atoms with van der Waals surface area (Å²) in [5.41, 5.74) is 2.51. The SMILES string of the molecule is O=C(Nc1ccc(Cl)cc1)C1CCN(c2nc3ccsc3c(=O)n2Cc2ccccc2)CC1. The standard InChI is InChI=1S/C25H23ClN4O2S/c26-19-6-8-20(9-7-19)27-23(31)18-10-13-29(14-11-18)25-28-21-12-15-33-22(21)24(32)30(25)16-17-4-2-1-3-5-17/h1-9,12,15,18H,10-11,13-14,16H2,(H,27,31). The Balaban J connectivity index is 1.35. The highest BCUT2D eigenvalue weighted by Crippen LogP contribution is 2.26. The second-order valence-corrected chi connectivity index (χ2v) is 9.53. The van der Waals surface area contributed by atoms with Gasteiger partial charge in [-0.1, -0.05) is 41.9 Å². The Morgan fingerprint density at radius 3 is 2.52 bits per heavy atom. The lowest BCUT2D eigenvalue weighted by molar-refractivity contribution is -0.120. The van der Waals surface area contributed by atoms with E-state index in [-0.39, 0.29) is 17.4 Å². The van der Waals surface area contributed by atoms with E-state index in [0.717, 1.165) is 16.8 Å². The van der Waals surface area contributed by atoms with Gasteiger partial charge in [-0.25, -0.2) is 4.98 Å². The molecule has 1 saturated heterocycles. The molecule has 0 saturated carbocycles. The molecule has 1 aliphatic heterocycles. The van der Waals surface area contributed by atoms with E-state index in [1.165, 1.54) is 11.3 Å². The van der Waals surface area contributed by atoms with Crippen LogP contribution in [-0.2, 0) is 11.3 Å². The molecule has 1 fully saturated rings. The van der Waals surface area contributed by atoms with Gasteiger partial charge in [0.2, 0.25) is 11.9 Å². The summed E-state index contributed by atoms with van der Waals surface area (Å²) in [6.07, 6.45) is 1.39. The van der Waals surface area contributed by atoms with Crippen LogP contribution in [0.2, 0.25) is 5.02 Å². The number of hydrogen-bond donors (Lipinski definition) is 1. The maximum atomic E-state index is 13.3. The van der Waals surface area contributed by atoms with Gasteiger partial charge in [0.05, 0.1) is 12.1 Å². The molecule has 1 N–H and O–H groups in total. The Labute approximate surface area is 200 Å². The summed E-state index contributed by atoms with van der Waals surface area (Å²) < 4.78 is 2.44. The van der Waals surface area contributed by atoms with Gasteiger partial charge in [0.25, 0.3) is 5.56 Å². The molecule has 3 heterocycles. The van der Waals surface area contributed by atoms with Crippen LogP contribution >= 0.6 is 22.9 Å². The molecule has 0 spiro atoms. The number of nitrogens with zero attached hydrogens (tertiary/aromatic N) is 3. The molecule has 1 aliphatic rings. The molecular formula is C25H23ClN4O2S. The van der Waals surface area contributed by atoms with Crippen LogP contribution in [0.15, 0.2) is 70.8 Å². The number of halogens is 1. The normalized spacial score (nSPS) is 14.5. The zero-order valence-corrected chi connectivity index (χ0v) is 19.5. The molecule has 8 heteroatoms. The summed E-state index contributed by atoms with van der Waals surface area (Å²) in [4.78, 5) is 33.0. The molecule has 4 aromatic rings. The molecule has 168 valence electrons. The number of carbonyl (C=O) groups excluding carboxylic acids is 1. The number of thiophene rings is 1. The van der Waals surface area contributed by atoms with Crippen LogP contribution in [0.5, 0.6) is 0 Å². The van der Waals surface area contributed by atoms with Crippen molar-refractivity contribution < 1.29 is 4.79 Å². The Kier molecular flexibility index (Phi) is 6.15. The van der Waals surface area contributed by atoms with Crippen molar-refractivity contribution >= 4 is 50.7 Å². The second kappa shape index (κ2) is 9.37. The largest absolute Gasteiger partial charge is 0.342 e. The van der Waals surface area contributed by atoms with E-state index < -0.39 is 0 Å². The summed E-state index contributed by atoms with van der Waals surface area (Å²) in [6, 6.07) is 19.0. The minimum atomic E-state index is -0.0869. The van der Waals surface area contributed by atoms with Crippen molar-refractivity contribution in [3.8, 4) is 0 Å². The minimum absolute atomic E-state index is 0.0138. The highest BCUT2D eigenvalue weighted by Gasteiger charge is 2.28. The van der Waals surface area contributed by atoms with E-state index in [1.54, 1.807) is 28.8 Å². The fourth-order valence-corrected chi connectivity index (χ4v) is 5.11. The van der Waals surface area contributed by atoms with Crippen LogP contribution in [0.4, 0.5) is 11.6 Å². The van der Waals surface area contributed by atoms with Crippen molar-refractivity contribution in [2.45, 2.75) is 19.4 Å². The molecular weight excluding hydrogens is 456 g/mol. The molecule has 6 nitrogen and oxygen atoms in total. The maximum Gasteiger partial charge on any atom is 0.273 e. The highest BCUT2D eigenvalue weighted by molar-refractivity contribution is 7.17. The van der Waals surface area contributed by atoms with Gasteiger partial charge < -0.3 is 10.2 Å². The summed E-state index contributed by atoms with van der Waals surface area (Å²) in [6.45, 7) is 1.79. The molecule has 5 rings (SSSR count). The topological polar surface area (TPSA) is 67.2 Å². The van der Waals surface area contributed by atoms with Crippen molar-refractivity contribution in [1.82, 2.24) is 9.55 Å². The minimum Gasteiger partial charge on any atom is -0.342 e. The van der Waals surface area contributed by atoms with Crippen LogP contribution in [-0.4, -0.2) is 28.5 Å². The van der Waals surface area contributed by atoms with Crippen LogP contribution in [0.3, 0.4) is 0 Å². The molecule has 2 aromatic heterocycles. The highest BCUT2D eigenvalue weighted by atomic mass is 35.5. The lowest BCUT2D eigenvalue weighted by atomic mass is 9.96. The first-order valence-corrected chi connectivity index (χ1v) is 12.2. The Bertz CT molecular complexity index is 1330. The van der Waals surface area contributed by atoms with Crippen LogP contribution in [0.1, 0.15) is 18.4 Å². The molecule has 1 amide bonds. The number of anilines is 2. The number of amides is 1. The maximum absolute atomic E-state index is 13.3. The van der Waals surface area contributed by atoms with Gasteiger partial charge in [-0.15, -0.1) is 11.3 Å². The number of benzene rings is 2. The summed E-state index contributed by atoms with van der Waals surface area (Å²) in [5.74, 6) is 0.599. The third-order valence-electron chi connectivity index (χ3n) is 5.99. The molecule has 0 radical (unpaired) electrons. The van der Waals surface area contributed by atoms with E-state index in [0.29, 0.717) is 48.1 Å². The van der Waals surface area contributed by atoms with Gasteiger partial charge in [0, 0.05) is 29.7 Å². The predicted octanol–water partition coefficient (Wildman–Crippen LogP) is 5.01. The Morgan fingerprint density at radius 1 is 1.06 bits per heavy atom. The van der Waals surface area contributed by atoms with Gasteiger partial charge in [0.1, 0.15) is 4.70 Å². The smallest absolute Gasteiger partial charge is 0.273 e. The number of carbonyl (C=O) groups is 1. The average Bonchev–Trinajstić information content (AvgIpc) is 3.32. The van der Waals surface area contributed by atoms with Crippen LogP contribution < -0.4 is 15.8 Å². The summed E-state index contributed by atoms with van der Waals surface area (Å²) in [7, 11) is 0. The lowest BCUT2D eigenvalue weighted by Crippen LogP contribution is -2.41. The lowest BCUT2D eigenvalue weighted by Gasteiger charge is -2.33. The number of hydrogen-bond acceptors (Lipinski definition) is 5. The third-order valence-corrected chi connectivity index (χ3v) is 7.13. The van der Waals surface area contributed by atoms with Gasteiger partial charge in [0.15, 0.2) is 0 Å². The molecule has 0 aliphatic carbocycles. The first kappa shape index (κ1) is 21.7. The fourth-order valence-electron chi connectivity index (χ4n) is 4.20. The molecule has 33 heavy (non-hydrogen) atoms. The second-order valence-electron chi connectivity index (χ2n) is 8.18. The van der Waals surface area contributed by atoms with E-state index >= 15 is 0 Å². The van der Waals surface area contributed by atoms with Crippen LogP contribution in [0, 0.1) is 5.92 Å². The molecule has 0 bridgehead atoms. The molecule has 0 unspecified atom stereocenters. The van der Waals surface area contributed by atoms with Gasteiger partial charge in [-0.3, -0.25) is 14.2 Å². The summed E-state index contributed by atoms with van der Waals surface area (Å²) in [5, 5.41) is 5.52. The Morgan fingerprint density at radius 2 is 1.79 bits per heavy atom. The zero-order chi connectivity index (χ0) is 22.8. The number of nitrogens with one attached hydrogen (secondary N) is 1. The number of rotatable bonds is 5. The average molecular weight is 479 g/mol. The van der Waals surface area contributed by atoms with Crippen molar-refractivity contribution in [2.75, 3.05) is 23.3 Å². The quantitative estimate of drug-likeness (QED) is 0.437. The molecule has 0 atom stereocenters. The van der Waals surface area contributed by atoms with Crippen molar-refractivity contribution in [1.29, 1.82) is 0 Å². The first-order chi connectivity index (χ1) is 16.1. The monoisotopic (exact) mass is 478 g/mol. The van der Waals surface area contributed by atoms with E-state index in [9.17, 15) is 9.59 Å². The predicted molar refractivity (Wildman–Crippen MR) is 134 cm³/mol. The Hall–Kier alpha value is -3.16. The van der Waals surface area contributed by atoms with E-state index in [4.69, 9.17) is 16.6 Å². The van der Waals surface area contributed by atoms with Crippen molar-refractivity contribution in [3.63, 3.8) is 0 Å². The van der Waals surface area contributed by atoms with E-state index in [2.05, 4.69) is 10.2 Å². The van der Waals surface area contributed by atoms with Crippen LogP contribution in [0.25, 0.3) is 10.2 Å². The molecule has 2 aromatic carbocycles. The number of piperidine rings is 1. The van der Waals surface area contributed by atoms with E-state index in [1.807, 2.05) is 41.8 Å². The zero-order valence-electron chi connectivity index (χ0n) is 17.9. The van der Waals surface area contributed by atoms with Crippen molar-refractivity contribution in [2.24, 2.45) is 5.92 Å². The van der Waals surface area contributed by atoms with Gasteiger partial charge >= 0.3 is 0 Å². The van der Waals surface area contributed by atoms with Gasteiger partial charge in [-0.2, -0.15) is 0 Å². The first-order valence-electron chi connectivity index (χ1n) is 10.9. The van der Waals surface area contributed by atoms with Crippen molar-refractivity contribution in [3.05, 3.63) is 87.0 Å². The van der Waals surface area contributed by atoms with Gasteiger partial charge in [-0.05, 0) is 54.1 Å². The third kappa shape index (κ3) is 4.65. The fraction of sp³-hybridized carbons (Fsp3) is 0.240.